The monoisotopic (exact) mass is 283 g/mol. The van der Waals surface area contributed by atoms with Crippen LogP contribution in [0.1, 0.15) is 12.8 Å². The third-order valence-corrected chi connectivity index (χ3v) is 3.80. The minimum absolute atomic E-state index is 0.516. The highest BCUT2D eigenvalue weighted by Crippen LogP contribution is 2.20. The smallest absolute Gasteiger partial charge is 0.179 e. The normalized spacial score (nSPS) is 20.4. The average Bonchev–Trinajstić information content (AvgIpc) is 2.66. The number of hydrogen-bond donors (Lipinski definition) is 1. The van der Waals surface area contributed by atoms with E-state index < -0.39 is 0 Å². The molecule has 0 aromatic carbocycles. The molecule has 4 nitrogen and oxygen atoms in total. The van der Waals surface area contributed by atoms with Gasteiger partial charge in [0.1, 0.15) is 0 Å². The summed E-state index contributed by atoms with van der Waals surface area (Å²) >= 11 is 11.3. The van der Waals surface area contributed by atoms with Crippen LogP contribution in [0.4, 0.5) is 0 Å². The first-order valence-electron chi connectivity index (χ1n) is 6.06. The number of nitrogens with zero attached hydrogens (tertiary/aromatic N) is 2. The van der Waals surface area contributed by atoms with E-state index in [9.17, 15) is 0 Å². The number of fused-ring (bicyclic) bond motifs is 1. The van der Waals surface area contributed by atoms with Crippen LogP contribution >= 0.6 is 23.8 Å². The first-order valence-corrected chi connectivity index (χ1v) is 6.84. The van der Waals surface area contributed by atoms with Crippen LogP contribution < -0.4 is 0 Å². The second-order valence-corrected chi connectivity index (χ2v) is 5.47. The Morgan fingerprint density at radius 3 is 3.28 bits per heavy atom. The van der Waals surface area contributed by atoms with E-state index in [1.807, 2.05) is 10.6 Å². The molecule has 0 spiro atoms. The van der Waals surface area contributed by atoms with E-state index in [1.54, 1.807) is 6.20 Å². The van der Waals surface area contributed by atoms with E-state index in [4.69, 9.17) is 28.6 Å². The zero-order valence-electron chi connectivity index (χ0n) is 9.86. The third kappa shape index (κ3) is 2.30. The van der Waals surface area contributed by atoms with Gasteiger partial charge in [0.15, 0.2) is 10.4 Å². The van der Waals surface area contributed by atoms with Crippen LogP contribution in [0.2, 0.25) is 5.02 Å². The summed E-state index contributed by atoms with van der Waals surface area (Å²) in [6, 6.07) is 1.85. The zero-order valence-corrected chi connectivity index (χ0v) is 11.4. The van der Waals surface area contributed by atoms with E-state index >= 15 is 0 Å². The number of ether oxygens (including phenoxy) is 1. The molecule has 1 atom stereocenters. The Morgan fingerprint density at radius 1 is 1.61 bits per heavy atom. The fourth-order valence-corrected chi connectivity index (χ4v) is 2.83. The molecule has 1 saturated heterocycles. The van der Waals surface area contributed by atoms with Gasteiger partial charge in [-0.05, 0) is 31.1 Å². The van der Waals surface area contributed by atoms with Crippen LogP contribution in [0.3, 0.4) is 0 Å². The van der Waals surface area contributed by atoms with Gasteiger partial charge in [0, 0.05) is 25.3 Å². The molecular weight excluding hydrogens is 270 g/mol. The Bertz CT molecular complexity index is 615. The molecule has 0 radical (unpaired) electrons. The van der Waals surface area contributed by atoms with Crippen LogP contribution in [0.25, 0.3) is 11.2 Å². The predicted molar refractivity (Wildman–Crippen MR) is 73.5 cm³/mol. The molecule has 6 heteroatoms. The SMILES string of the molecule is S=c1[nH]c2cc(Cl)cnc2n1CC1CCCOC1. The Labute approximate surface area is 115 Å². The number of imidazole rings is 1. The quantitative estimate of drug-likeness (QED) is 0.861. The van der Waals surface area contributed by atoms with Crippen molar-refractivity contribution in [2.45, 2.75) is 19.4 Å². The van der Waals surface area contributed by atoms with Gasteiger partial charge in [0.05, 0.1) is 17.1 Å². The number of halogens is 1. The molecule has 1 aliphatic heterocycles. The molecule has 1 aliphatic rings. The molecule has 1 fully saturated rings. The topological polar surface area (TPSA) is 42.8 Å². The van der Waals surface area contributed by atoms with Crippen molar-refractivity contribution < 1.29 is 4.74 Å². The molecule has 3 rings (SSSR count). The van der Waals surface area contributed by atoms with Gasteiger partial charge in [0.25, 0.3) is 0 Å². The number of hydrogen-bond acceptors (Lipinski definition) is 3. The van der Waals surface area contributed by atoms with Gasteiger partial charge < -0.3 is 14.3 Å². The molecule has 18 heavy (non-hydrogen) atoms. The van der Waals surface area contributed by atoms with Crippen molar-refractivity contribution in [2.75, 3.05) is 13.2 Å². The lowest BCUT2D eigenvalue weighted by atomic mass is 10.0. The van der Waals surface area contributed by atoms with Gasteiger partial charge >= 0.3 is 0 Å². The fourth-order valence-electron chi connectivity index (χ4n) is 2.40. The minimum atomic E-state index is 0.516. The van der Waals surface area contributed by atoms with Gasteiger partial charge in [-0.1, -0.05) is 11.6 Å². The van der Waals surface area contributed by atoms with Gasteiger partial charge in [-0.2, -0.15) is 0 Å². The number of pyridine rings is 1. The van der Waals surface area contributed by atoms with Crippen molar-refractivity contribution in [3.63, 3.8) is 0 Å². The van der Waals surface area contributed by atoms with E-state index in [1.165, 1.54) is 6.42 Å². The summed E-state index contributed by atoms with van der Waals surface area (Å²) in [5.41, 5.74) is 1.76. The summed E-state index contributed by atoms with van der Waals surface area (Å²) in [6.45, 7) is 2.54. The van der Waals surface area contributed by atoms with Crippen LogP contribution in [0.5, 0.6) is 0 Å². The van der Waals surface area contributed by atoms with Crippen LogP contribution in [0.15, 0.2) is 12.3 Å². The number of H-pyrrole nitrogens is 1. The van der Waals surface area contributed by atoms with E-state index in [2.05, 4.69) is 9.97 Å². The Morgan fingerprint density at radius 2 is 2.50 bits per heavy atom. The first kappa shape index (κ1) is 12.1. The lowest BCUT2D eigenvalue weighted by Crippen LogP contribution is -2.22. The van der Waals surface area contributed by atoms with Crippen molar-refractivity contribution in [1.29, 1.82) is 0 Å². The fraction of sp³-hybridized carbons (Fsp3) is 0.500. The van der Waals surface area contributed by atoms with Crippen LogP contribution in [0, 0.1) is 10.7 Å². The lowest BCUT2D eigenvalue weighted by Gasteiger charge is -2.22. The highest BCUT2D eigenvalue weighted by Gasteiger charge is 2.16. The predicted octanol–water partition coefficient (Wildman–Crippen LogP) is 3.17. The summed E-state index contributed by atoms with van der Waals surface area (Å²) in [4.78, 5) is 7.51. The Balaban J connectivity index is 1.95. The maximum atomic E-state index is 5.93. The molecule has 96 valence electrons. The summed E-state index contributed by atoms with van der Waals surface area (Å²) < 4.78 is 8.24. The molecular formula is C12H14ClN3OS. The number of aromatic nitrogens is 3. The van der Waals surface area contributed by atoms with Crippen molar-refractivity contribution in [1.82, 2.24) is 14.5 Å². The van der Waals surface area contributed by atoms with E-state index in [-0.39, 0.29) is 0 Å². The Kier molecular flexibility index (Phi) is 3.37. The molecule has 0 bridgehead atoms. The molecule has 2 aromatic rings. The van der Waals surface area contributed by atoms with Crippen LogP contribution in [-0.2, 0) is 11.3 Å². The largest absolute Gasteiger partial charge is 0.381 e. The molecule has 2 aromatic heterocycles. The van der Waals surface area contributed by atoms with Crippen LogP contribution in [-0.4, -0.2) is 27.7 Å². The lowest BCUT2D eigenvalue weighted by molar-refractivity contribution is 0.0486. The number of rotatable bonds is 2. The number of aromatic amines is 1. The maximum Gasteiger partial charge on any atom is 0.179 e. The average molecular weight is 284 g/mol. The van der Waals surface area contributed by atoms with Crippen molar-refractivity contribution >= 4 is 35.0 Å². The van der Waals surface area contributed by atoms with Gasteiger partial charge in [-0.3, -0.25) is 0 Å². The first-order chi connectivity index (χ1) is 8.74. The highest BCUT2D eigenvalue weighted by molar-refractivity contribution is 7.71. The standard InChI is InChI=1S/C12H14ClN3OS/c13-9-4-10-11(14-5-9)16(12(18)15-10)6-8-2-1-3-17-7-8/h4-5,8H,1-3,6-7H2,(H,15,18). The molecule has 0 saturated carbocycles. The van der Waals surface area contributed by atoms with Crippen molar-refractivity contribution in [3.05, 3.63) is 22.1 Å². The van der Waals surface area contributed by atoms with E-state index in [0.717, 1.165) is 37.3 Å². The Hall–Kier alpha value is -0.910. The molecule has 1 unspecified atom stereocenters. The number of nitrogens with one attached hydrogen (secondary N) is 1. The summed E-state index contributed by atoms with van der Waals surface area (Å²) in [5.74, 6) is 0.516. The third-order valence-electron chi connectivity index (χ3n) is 3.27. The molecule has 1 N–H and O–H groups in total. The van der Waals surface area contributed by atoms with Gasteiger partial charge in [-0.25, -0.2) is 4.98 Å². The maximum absolute atomic E-state index is 5.93. The summed E-state index contributed by atoms with van der Waals surface area (Å²) in [6.07, 6.45) is 3.96. The van der Waals surface area contributed by atoms with Crippen molar-refractivity contribution in [2.24, 2.45) is 5.92 Å². The summed E-state index contributed by atoms with van der Waals surface area (Å²) in [7, 11) is 0. The molecule has 0 aliphatic carbocycles. The van der Waals surface area contributed by atoms with Gasteiger partial charge in [0.2, 0.25) is 0 Å². The van der Waals surface area contributed by atoms with Crippen molar-refractivity contribution in [3.8, 4) is 0 Å². The molecule has 0 amide bonds. The second-order valence-electron chi connectivity index (χ2n) is 4.65. The molecule has 3 heterocycles. The second kappa shape index (κ2) is 4.99. The summed E-state index contributed by atoms with van der Waals surface area (Å²) in [5, 5.41) is 0.617. The highest BCUT2D eigenvalue weighted by atomic mass is 35.5. The minimum Gasteiger partial charge on any atom is -0.381 e. The van der Waals surface area contributed by atoms with Gasteiger partial charge in [-0.15, -0.1) is 0 Å². The zero-order chi connectivity index (χ0) is 12.5. The van der Waals surface area contributed by atoms with E-state index in [0.29, 0.717) is 15.7 Å².